The lowest BCUT2D eigenvalue weighted by atomic mass is 9.95. The fourth-order valence-electron chi connectivity index (χ4n) is 2.98. The van der Waals surface area contributed by atoms with E-state index in [1.807, 2.05) is 18.2 Å². The molecule has 1 aliphatic heterocycles. The zero-order valence-corrected chi connectivity index (χ0v) is 18.3. The molecule has 0 amide bonds. The van der Waals surface area contributed by atoms with Crippen molar-refractivity contribution in [1.82, 2.24) is 15.6 Å². The molecule has 10 heteroatoms. The van der Waals surface area contributed by atoms with E-state index < -0.39 is 11.9 Å². The van der Waals surface area contributed by atoms with Crippen molar-refractivity contribution in [3.05, 3.63) is 52.0 Å². The Kier molecular flexibility index (Phi) is 8.50. The van der Waals surface area contributed by atoms with Crippen molar-refractivity contribution in [2.45, 2.75) is 25.2 Å². The summed E-state index contributed by atoms with van der Waals surface area (Å²) in [7, 11) is 1.62. The second-order valence-electron chi connectivity index (χ2n) is 6.18. The molecule has 2 atom stereocenters. The zero-order valence-electron chi connectivity index (χ0n) is 15.2. The van der Waals surface area contributed by atoms with E-state index in [-0.39, 0.29) is 36.6 Å². The molecule has 2 N–H and O–H groups in total. The molecule has 1 saturated heterocycles. The molecule has 1 aromatic heterocycles. The van der Waals surface area contributed by atoms with E-state index in [0.29, 0.717) is 30.0 Å². The van der Waals surface area contributed by atoms with Crippen LogP contribution in [0.1, 0.15) is 28.8 Å². The monoisotopic (exact) mass is 526 g/mol. The van der Waals surface area contributed by atoms with Crippen molar-refractivity contribution >= 4 is 41.3 Å². The third-order valence-corrected chi connectivity index (χ3v) is 5.20. The number of nitrogens with zero attached hydrogens (tertiary/aromatic N) is 2. The number of thiazole rings is 1. The topological polar surface area (TPSA) is 58.5 Å². The third kappa shape index (κ3) is 6.05. The number of guanidine groups is 1. The molecule has 0 radical (unpaired) electrons. The van der Waals surface area contributed by atoms with Crippen LogP contribution in [0.15, 0.2) is 40.7 Å². The maximum absolute atomic E-state index is 12.6. The maximum atomic E-state index is 12.6. The highest BCUT2D eigenvalue weighted by atomic mass is 127. The number of alkyl halides is 3. The average molecular weight is 526 g/mol. The molecule has 1 fully saturated rings. The Labute approximate surface area is 182 Å². The number of aromatic nitrogens is 1. The lowest BCUT2D eigenvalue weighted by Crippen LogP contribution is -2.39. The summed E-state index contributed by atoms with van der Waals surface area (Å²) < 4.78 is 43.7. The standard InChI is InChI=1S/C18H21F3N4OS.HI/c1-22-17(24-10-15-25-14(11-27-15)18(19,20)21)23-9-13-7-8-26-16(13)12-5-3-2-4-6-12;/h2-6,11,13,16H,7-10H2,1H3,(H2,22,23,24);1H. The molecule has 0 saturated carbocycles. The Morgan fingerprint density at radius 3 is 2.68 bits per heavy atom. The molecule has 2 aromatic rings. The smallest absolute Gasteiger partial charge is 0.373 e. The minimum absolute atomic E-state index is 0. The van der Waals surface area contributed by atoms with E-state index in [1.54, 1.807) is 7.05 Å². The highest BCUT2D eigenvalue weighted by Gasteiger charge is 2.33. The van der Waals surface area contributed by atoms with Gasteiger partial charge in [-0.2, -0.15) is 13.2 Å². The summed E-state index contributed by atoms with van der Waals surface area (Å²) >= 11 is 0.974. The second-order valence-corrected chi connectivity index (χ2v) is 7.12. The van der Waals surface area contributed by atoms with Gasteiger partial charge in [-0.25, -0.2) is 4.98 Å². The van der Waals surface area contributed by atoms with Crippen molar-refractivity contribution in [2.24, 2.45) is 10.9 Å². The van der Waals surface area contributed by atoms with Gasteiger partial charge in [0.15, 0.2) is 11.7 Å². The molecule has 2 unspecified atom stereocenters. The van der Waals surface area contributed by atoms with Gasteiger partial charge in [0.25, 0.3) is 0 Å². The predicted molar refractivity (Wildman–Crippen MR) is 114 cm³/mol. The number of rotatable bonds is 5. The first-order valence-corrected chi connectivity index (χ1v) is 9.48. The number of hydrogen-bond donors (Lipinski definition) is 2. The minimum atomic E-state index is -4.41. The average Bonchev–Trinajstić information content (AvgIpc) is 3.32. The summed E-state index contributed by atoms with van der Waals surface area (Å²) in [4.78, 5) is 7.73. The van der Waals surface area contributed by atoms with Gasteiger partial charge in [0.2, 0.25) is 0 Å². The van der Waals surface area contributed by atoms with Gasteiger partial charge in [0.05, 0.1) is 12.6 Å². The van der Waals surface area contributed by atoms with E-state index in [9.17, 15) is 13.2 Å². The first-order valence-electron chi connectivity index (χ1n) is 8.60. The Morgan fingerprint density at radius 1 is 1.29 bits per heavy atom. The molecule has 3 rings (SSSR count). The summed E-state index contributed by atoms with van der Waals surface area (Å²) in [5, 5.41) is 7.62. The highest BCUT2D eigenvalue weighted by molar-refractivity contribution is 14.0. The van der Waals surface area contributed by atoms with E-state index in [2.05, 4.69) is 32.7 Å². The van der Waals surface area contributed by atoms with Gasteiger partial charge in [-0.3, -0.25) is 4.99 Å². The van der Waals surface area contributed by atoms with Gasteiger partial charge in [0, 0.05) is 31.5 Å². The third-order valence-electron chi connectivity index (χ3n) is 4.35. The van der Waals surface area contributed by atoms with E-state index in [4.69, 9.17) is 4.74 Å². The molecule has 0 spiro atoms. The zero-order chi connectivity index (χ0) is 19.3. The van der Waals surface area contributed by atoms with Gasteiger partial charge < -0.3 is 15.4 Å². The van der Waals surface area contributed by atoms with Crippen LogP contribution in [0.2, 0.25) is 0 Å². The molecule has 154 valence electrons. The fraction of sp³-hybridized carbons (Fsp3) is 0.444. The van der Waals surface area contributed by atoms with Gasteiger partial charge >= 0.3 is 6.18 Å². The molecule has 1 aliphatic rings. The van der Waals surface area contributed by atoms with Crippen molar-refractivity contribution in [3.8, 4) is 0 Å². The Bertz CT molecular complexity index is 770. The molecule has 5 nitrogen and oxygen atoms in total. The molecule has 28 heavy (non-hydrogen) atoms. The normalized spacial score (nSPS) is 19.9. The second kappa shape index (κ2) is 10.4. The summed E-state index contributed by atoms with van der Waals surface area (Å²) in [5.41, 5.74) is 0.285. The largest absolute Gasteiger partial charge is 0.434 e. The number of halogens is 4. The number of nitrogens with one attached hydrogen (secondary N) is 2. The van der Waals surface area contributed by atoms with E-state index in [1.165, 1.54) is 0 Å². The molecular weight excluding hydrogens is 504 g/mol. The summed E-state index contributed by atoms with van der Waals surface area (Å²) in [5.74, 6) is 0.820. The lowest BCUT2D eigenvalue weighted by molar-refractivity contribution is -0.140. The van der Waals surface area contributed by atoms with Gasteiger partial charge in [-0.1, -0.05) is 30.3 Å². The summed E-state index contributed by atoms with van der Waals surface area (Å²) in [6.07, 6.45) is -3.45. The molecule has 2 heterocycles. The van der Waals surface area contributed by atoms with Crippen LogP contribution in [-0.4, -0.2) is 31.1 Å². The van der Waals surface area contributed by atoms with Crippen molar-refractivity contribution in [1.29, 1.82) is 0 Å². The van der Waals surface area contributed by atoms with E-state index in [0.717, 1.165) is 28.7 Å². The van der Waals surface area contributed by atoms with Crippen LogP contribution in [0, 0.1) is 5.92 Å². The summed E-state index contributed by atoms with van der Waals surface area (Å²) in [6, 6.07) is 10.1. The Balaban J connectivity index is 0.00000280. The van der Waals surface area contributed by atoms with Crippen LogP contribution in [0.25, 0.3) is 0 Å². The van der Waals surface area contributed by atoms with Crippen molar-refractivity contribution < 1.29 is 17.9 Å². The fourth-order valence-corrected chi connectivity index (χ4v) is 3.72. The predicted octanol–water partition coefficient (Wildman–Crippen LogP) is 4.22. The first kappa shape index (κ1) is 22.9. The van der Waals surface area contributed by atoms with Crippen LogP contribution in [0.5, 0.6) is 0 Å². The first-order chi connectivity index (χ1) is 13.0. The van der Waals surface area contributed by atoms with Gasteiger partial charge in [-0.05, 0) is 12.0 Å². The number of ether oxygens (including phenoxy) is 1. The van der Waals surface area contributed by atoms with Crippen LogP contribution in [0.3, 0.4) is 0 Å². The van der Waals surface area contributed by atoms with Crippen LogP contribution in [0.4, 0.5) is 13.2 Å². The lowest BCUT2D eigenvalue weighted by Gasteiger charge is -2.20. The number of benzene rings is 1. The molecule has 0 aliphatic carbocycles. The Hall–Kier alpha value is -1.40. The quantitative estimate of drug-likeness (QED) is 0.348. The molecule has 1 aromatic carbocycles. The van der Waals surface area contributed by atoms with Crippen molar-refractivity contribution in [2.75, 3.05) is 20.2 Å². The van der Waals surface area contributed by atoms with Gasteiger partial charge in [-0.15, -0.1) is 35.3 Å². The summed E-state index contributed by atoms with van der Waals surface area (Å²) in [6.45, 7) is 1.55. The number of hydrogen-bond acceptors (Lipinski definition) is 4. The molecule has 0 bridgehead atoms. The minimum Gasteiger partial charge on any atom is -0.373 e. The maximum Gasteiger partial charge on any atom is 0.434 e. The number of aliphatic imine (C=N–C) groups is 1. The van der Waals surface area contributed by atoms with E-state index >= 15 is 0 Å². The van der Waals surface area contributed by atoms with Gasteiger partial charge in [0.1, 0.15) is 5.01 Å². The van der Waals surface area contributed by atoms with Crippen LogP contribution in [-0.2, 0) is 17.5 Å². The highest BCUT2D eigenvalue weighted by Crippen LogP contribution is 2.34. The van der Waals surface area contributed by atoms with Crippen molar-refractivity contribution in [3.63, 3.8) is 0 Å². The van der Waals surface area contributed by atoms with Crippen LogP contribution >= 0.6 is 35.3 Å². The SMILES string of the molecule is CN=C(NCc1nc(C(F)(F)F)cs1)NCC1CCOC1c1ccccc1.I. The molecular formula is C18H22F3IN4OS. The van der Waals surface area contributed by atoms with Crippen LogP contribution < -0.4 is 10.6 Å². The Morgan fingerprint density at radius 2 is 2.04 bits per heavy atom.